The maximum absolute atomic E-state index is 12.6. The molecule has 1 unspecified atom stereocenters. The van der Waals surface area contributed by atoms with Crippen molar-refractivity contribution in [1.82, 2.24) is 4.98 Å². The summed E-state index contributed by atoms with van der Waals surface area (Å²) in [5, 5.41) is 12.7. The minimum absolute atomic E-state index is 0.197. The number of esters is 1. The van der Waals surface area contributed by atoms with Gasteiger partial charge in [-0.15, -0.1) is 0 Å². The van der Waals surface area contributed by atoms with E-state index in [0.717, 1.165) is 5.39 Å². The van der Waals surface area contributed by atoms with Crippen molar-refractivity contribution in [3.8, 4) is 23.0 Å². The number of ether oxygens (including phenoxy) is 4. The Morgan fingerprint density at radius 1 is 0.818 bits per heavy atom. The fourth-order valence-corrected chi connectivity index (χ4v) is 3.57. The molecule has 0 spiro atoms. The zero-order chi connectivity index (χ0) is 23.4. The van der Waals surface area contributed by atoms with E-state index in [1.807, 2.05) is 18.2 Å². The minimum atomic E-state index is -1.09. The largest absolute Gasteiger partial charge is 0.493 e. The molecule has 4 aromatic rings. The fraction of sp³-hybridized carbons (Fsp3) is 0.154. The average Bonchev–Trinajstić information content (AvgIpc) is 2.87. The lowest BCUT2D eigenvalue weighted by Crippen LogP contribution is -2.10. The normalized spacial score (nSPS) is 11.6. The SMILES string of the molecule is COc1cc2ccnc(C(O)c3ccc(OC)c(OC(=O)c4ccccc4)c3)c2cc1OC. The second kappa shape index (κ2) is 9.58. The molecule has 168 valence electrons. The lowest BCUT2D eigenvalue weighted by molar-refractivity contribution is 0.0729. The highest BCUT2D eigenvalue weighted by Crippen LogP contribution is 2.37. The second-order valence-corrected chi connectivity index (χ2v) is 7.19. The number of hydrogen-bond acceptors (Lipinski definition) is 7. The Morgan fingerprint density at radius 2 is 1.52 bits per heavy atom. The van der Waals surface area contributed by atoms with Crippen molar-refractivity contribution >= 4 is 16.7 Å². The summed E-state index contributed by atoms with van der Waals surface area (Å²) in [5.41, 5.74) is 1.32. The standard InChI is InChI=1S/C26H23NO6/c1-30-20-10-9-18(14-23(20)33-26(29)16-7-5-4-6-8-16)25(28)24-19-15-22(32-3)21(31-2)13-17(19)11-12-27-24/h4-15,25,28H,1-3H3. The molecule has 0 fully saturated rings. The summed E-state index contributed by atoms with van der Waals surface area (Å²) in [6, 6.07) is 19.0. The highest BCUT2D eigenvalue weighted by atomic mass is 16.6. The number of rotatable bonds is 7. The zero-order valence-corrected chi connectivity index (χ0v) is 18.4. The third kappa shape index (κ3) is 4.44. The Morgan fingerprint density at radius 3 is 2.21 bits per heavy atom. The fourth-order valence-electron chi connectivity index (χ4n) is 3.57. The Hall–Kier alpha value is -4.10. The summed E-state index contributed by atoms with van der Waals surface area (Å²) in [6.45, 7) is 0. The molecule has 7 heteroatoms. The Labute approximate surface area is 191 Å². The summed E-state index contributed by atoms with van der Waals surface area (Å²) in [6.07, 6.45) is 0.527. The van der Waals surface area contributed by atoms with Gasteiger partial charge in [0.05, 0.1) is 32.6 Å². The summed E-state index contributed by atoms with van der Waals surface area (Å²) in [5.74, 6) is 1.14. The predicted molar refractivity (Wildman–Crippen MR) is 123 cm³/mol. The van der Waals surface area contributed by atoms with Crippen LogP contribution < -0.4 is 18.9 Å². The number of carbonyl (C=O) groups is 1. The Bertz CT molecular complexity index is 1290. The first-order valence-electron chi connectivity index (χ1n) is 10.2. The number of pyridine rings is 1. The first-order chi connectivity index (χ1) is 16.0. The van der Waals surface area contributed by atoms with Crippen molar-refractivity contribution in [1.29, 1.82) is 0 Å². The first-order valence-corrected chi connectivity index (χ1v) is 10.2. The summed E-state index contributed by atoms with van der Waals surface area (Å²) >= 11 is 0. The summed E-state index contributed by atoms with van der Waals surface area (Å²) in [7, 11) is 4.60. The molecule has 0 saturated carbocycles. The van der Waals surface area contributed by atoms with Crippen LogP contribution in [0.2, 0.25) is 0 Å². The van der Waals surface area contributed by atoms with Crippen molar-refractivity contribution in [3.05, 3.63) is 89.7 Å². The number of fused-ring (bicyclic) bond motifs is 1. The molecule has 1 heterocycles. The summed E-state index contributed by atoms with van der Waals surface area (Å²) in [4.78, 5) is 17.0. The molecule has 7 nitrogen and oxygen atoms in total. The minimum Gasteiger partial charge on any atom is -0.493 e. The van der Waals surface area contributed by atoms with Gasteiger partial charge in [0, 0.05) is 11.6 Å². The van der Waals surface area contributed by atoms with E-state index in [1.54, 1.807) is 68.9 Å². The van der Waals surface area contributed by atoms with Gasteiger partial charge in [0.15, 0.2) is 23.0 Å². The quantitative estimate of drug-likeness (QED) is 0.330. The lowest BCUT2D eigenvalue weighted by atomic mass is 10.00. The first kappa shape index (κ1) is 22.1. The highest BCUT2D eigenvalue weighted by Gasteiger charge is 2.20. The zero-order valence-electron chi connectivity index (χ0n) is 18.4. The molecule has 1 aromatic heterocycles. The maximum Gasteiger partial charge on any atom is 0.343 e. The number of aromatic nitrogens is 1. The van der Waals surface area contributed by atoms with Crippen molar-refractivity contribution in [3.63, 3.8) is 0 Å². The van der Waals surface area contributed by atoms with Crippen LogP contribution in [0.3, 0.4) is 0 Å². The number of nitrogens with zero attached hydrogens (tertiary/aromatic N) is 1. The van der Waals surface area contributed by atoms with E-state index >= 15 is 0 Å². The van der Waals surface area contributed by atoms with Crippen molar-refractivity contribution in [2.75, 3.05) is 21.3 Å². The molecular formula is C26H23NO6. The van der Waals surface area contributed by atoms with Crippen molar-refractivity contribution < 1.29 is 28.8 Å². The molecule has 0 saturated heterocycles. The highest BCUT2D eigenvalue weighted by molar-refractivity contribution is 5.91. The number of hydrogen-bond donors (Lipinski definition) is 1. The Kier molecular flexibility index (Phi) is 6.42. The van der Waals surface area contributed by atoms with Gasteiger partial charge in [-0.2, -0.15) is 0 Å². The number of aliphatic hydroxyl groups is 1. The lowest BCUT2D eigenvalue weighted by Gasteiger charge is -2.17. The molecule has 4 rings (SSSR count). The number of carbonyl (C=O) groups excluding carboxylic acids is 1. The molecule has 0 radical (unpaired) electrons. The van der Waals surface area contributed by atoms with E-state index in [9.17, 15) is 9.90 Å². The second-order valence-electron chi connectivity index (χ2n) is 7.19. The average molecular weight is 445 g/mol. The van der Waals surface area contributed by atoms with Gasteiger partial charge >= 0.3 is 5.97 Å². The van der Waals surface area contributed by atoms with Crippen molar-refractivity contribution in [2.24, 2.45) is 0 Å². The van der Waals surface area contributed by atoms with E-state index in [4.69, 9.17) is 18.9 Å². The molecule has 0 amide bonds. The van der Waals surface area contributed by atoms with Gasteiger partial charge in [0.1, 0.15) is 6.10 Å². The van der Waals surface area contributed by atoms with Crippen LogP contribution in [0.1, 0.15) is 27.7 Å². The van der Waals surface area contributed by atoms with Gasteiger partial charge in [-0.25, -0.2) is 4.79 Å². The van der Waals surface area contributed by atoms with Crippen LogP contribution >= 0.6 is 0 Å². The van der Waals surface area contributed by atoms with Crippen LogP contribution in [0.5, 0.6) is 23.0 Å². The summed E-state index contributed by atoms with van der Waals surface area (Å²) < 4.78 is 21.7. The van der Waals surface area contributed by atoms with Gasteiger partial charge in [-0.05, 0) is 53.4 Å². The monoisotopic (exact) mass is 445 g/mol. The van der Waals surface area contributed by atoms with Gasteiger partial charge in [-0.3, -0.25) is 4.98 Å². The van der Waals surface area contributed by atoms with Crippen LogP contribution in [-0.4, -0.2) is 37.4 Å². The van der Waals surface area contributed by atoms with Crippen LogP contribution in [0.25, 0.3) is 10.8 Å². The van der Waals surface area contributed by atoms with Gasteiger partial charge in [0.2, 0.25) is 0 Å². The van der Waals surface area contributed by atoms with E-state index < -0.39 is 12.1 Å². The molecule has 1 atom stereocenters. The van der Waals surface area contributed by atoms with Crippen LogP contribution in [-0.2, 0) is 0 Å². The number of benzene rings is 3. The molecule has 0 aliphatic heterocycles. The van der Waals surface area contributed by atoms with Gasteiger partial charge < -0.3 is 24.1 Å². The molecule has 33 heavy (non-hydrogen) atoms. The third-order valence-corrected chi connectivity index (χ3v) is 5.27. The molecule has 0 aliphatic rings. The van der Waals surface area contributed by atoms with E-state index in [1.165, 1.54) is 7.11 Å². The molecule has 0 bridgehead atoms. The molecule has 0 aliphatic carbocycles. The number of aliphatic hydroxyl groups excluding tert-OH is 1. The van der Waals surface area contributed by atoms with Crippen LogP contribution in [0, 0.1) is 0 Å². The van der Waals surface area contributed by atoms with Crippen LogP contribution in [0.15, 0.2) is 72.9 Å². The molecular weight excluding hydrogens is 422 g/mol. The van der Waals surface area contributed by atoms with Gasteiger partial charge in [-0.1, -0.05) is 24.3 Å². The third-order valence-electron chi connectivity index (χ3n) is 5.27. The smallest absolute Gasteiger partial charge is 0.343 e. The Balaban J connectivity index is 1.73. The van der Waals surface area contributed by atoms with E-state index in [-0.39, 0.29) is 5.75 Å². The molecule has 3 aromatic carbocycles. The van der Waals surface area contributed by atoms with Crippen LogP contribution in [0.4, 0.5) is 0 Å². The topological polar surface area (TPSA) is 87.1 Å². The van der Waals surface area contributed by atoms with Gasteiger partial charge in [0.25, 0.3) is 0 Å². The van der Waals surface area contributed by atoms with E-state index in [2.05, 4.69) is 4.98 Å². The maximum atomic E-state index is 12.6. The molecule has 1 N–H and O–H groups in total. The van der Waals surface area contributed by atoms with Crippen molar-refractivity contribution in [2.45, 2.75) is 6.10 Å². The van der Waals surface area contributed by atoms with E-state index in [0.29, 0.717) is 39.5 Å². The number of methoxy groups -OCH3 is 3. The predicted octanol–water partition coefficient (Wildman–Crippen LogP) is 4.56.